The number of nitrogens with zero attached hydrogens (tertiary/aromatic N) is 2. The molecule has 0 unspecified atom stereocenters. The smallest absolute Gasteiger partial charge is 0.265 e. The van der Waals surface area contributed by atoms with Crippen molar-refractivity contribution in [1.82, 2.24) is 10.3 Å². The van der Waals surface area contributed by atoms with Gasteiger partial charge in [0.2, 0.25) is 0 Å². The van der Waals surface area contributed by atoms with Crippen LogP contribution in [0, 0.1) is 11.6 Å². The molecule has 7 nitrogen and oxygen atoms in total. The second-order valence-electron chi connectivity index (χ2n) is 7.13. The SMILES string of the molecule is CN[C@H]1CCN(c2cc(F)ccc2Nc2ccc(S(=O)(=O)Nc3cscn3)c(F)c2)C1. The summed E-state index contributed by atoms with van der Waals surface area (Å²) in [4.78, 5) is 5.42. The van der Waals surface area contributed by atoms with Gasteiger partial charge in [0.25, 0.3) is 10.0 Å². The van der Waals surface area contributed by atoms with E-state index in [-0.39, 0.29) is 11.6 Å². The zero-order valence-corrected chi connectivity index (χ0v) is 18.2. The number of anilines is 4. The summed E-state index contributed by atoms with van der Waals surface area (Å²) in [7, 11) is -2.22. The van der Waals surface area contributed by atoms with Crippen LogP contribution in [0.1, 0.15) is 6.42 Å². The predicted octanol–water partition coefficient (Wildman–Crippen LogP) is 3.76. The maximum absolute atomic E-state index is 14.7. The minimum Gasteiger partial charge on any atom is -0.368 e. The average molecular weight is 466 g/mol. The number of halogens is 2. The normalized spacial score (nSPS) is 16.5. The molecule has 0 saturated carbocycles. The van der Waals surface area contributed by atoms with Gasteiger partial charge in [-0.3, -0.25) is 4.72 Å². The molecule has 11 heteroatoms. The molecule has 4 rings (SSSR count). The molecule has 1 aliphatic rings. The molecule has 0 bridgehead atoms. The van der Waals surface area contributed by atoms with Crippen LogP contribution in [0.3, 0.4) is 0 Å². The van der Waals surface area contributed by atoms with E-state index >= 15 is 0 Å². The van der Waals surface area contributed by atoms with E-state index in [1.54, 1.807) is 6.07 Å². The number of aromatic nitrogens is 1. The molecule has 1 atom stereocenters. The van der Waals surface area contributed by atoms with Crippen molar-refractivity contribution in [2.24, 2.45) is 0 Å². The second kappa shape index (κ2) is 8.77. The van der Waals surface area contributed by atoms with Gasteiger partial charge in [0.1, 0.15) is 16.5 Å². The van der Waals surface area contributed by atoms with Crippen molar-refractivity contribution >= 4 is 44.2 Å². The molecule has 2 heterocycles. The summed E-state index contributed by atoms with van der Waals surface area (Å²) >= 11 is 1.22. The molecule has 1 fully saturated rings. The average Bonchev–Trinajstić information content (AvgIpc) is 3.40. The van der Waals surface area contributed by atoms with E-state index in [0.717, 1.165) is 25.6 Å². The van der Waals surface area contributed by atoms with E-state index in [2.05, 4.69) is 25.2 Å². The highest BCUT2D eigenvalue weighted by atomic mass is 32.2. The number of benzene rings is 2. The fraction of sp³-hybridized carbons (Fsp3) is 0.250. The van der Waals surface area contributed by atoms with Gasteiger partial charge >= 0.3 is 0 Å². The third-order valence-electron chi connectivity index (χ3n) is 5.07. The Morgan fingerprint density at radius 2 is 2.03 bits per heavy atom. The van der Waals surface area contributed by atoms with E-state index in [0.29, 0.717) is 23.1 Å². The molecule has 0 spiro atoms. The molecule has 1 aliphatic heterocycles. The molecule has 0 amide bonds. The summed E-state index contributed by atoms with van der Waals surface area (Å²) in [6, 6.07) is 8.41. The van der Waals surface area contributed by atoms with Gasteiger partial charge in [-0.15, -0.1) is 11.3 Å². The first kappa shape index (κ1) is 21.5. The first-order valence-corrected chi connectivity index (χ1v) is 12.0. The van der Waals surface area contributed by atoms with Crippen LogP contribution in [-0.4, -0.2) is 39.6 Å². The molecule has 164 valence electrons. The molecular formula is C20H21F2N5O2S2. The lowest BCUT2D eigenvalue weighted by atomic mass is 10.2. The third-order valence-corrected chi connectivity index (χ3v) is 7.04. The van der Waals surface area contributed by atoms with Crippen LogP contribution in [0.15, 0.2) is 52.2 Å². The Morgan fingerprint density at radius 3 is 2.71 bits per heavy atom. The molecule has 0 aliphatic carbocycles. The lowest BCUT2D eigenvalue weighted by molar-refractivity contribution is 0.570. The standard InChI is InChI=1S/C20H21F2N5O2S2/c1-23-15-6-7-27(10-15)18-8-13(21)2-4-17(18)25-14-3-5-19(16(22)9-14)31(28,29)26-20-11-30-12-24-20/h2-5,8-9,11-12,15,23,25-26H,6-7,10H2,1H3/t15-/m0/s1. The van der Waals surface area contributed by atoms with Gasteiger partial charge < -0.3 is 15.5 Å². The Morgan fingerprint density at radius 1 is 1.19 bits per heavy atom. The zero-order chi connectivity index (χ0) is 22.0. The minimum atomic E-state index is -4.11. The summed E-state index contributed by atoms with van der Waals surface area (Å²) in [6.45, 7) is 1.49. The van der Waals surface area contributed by atoms with Crippen molar-refractivity contribution in [3.05, 3.63) is 58.9 Å². The molecule has 0 radical (unpaired) electrons. The number of sulfonamides is 1. The molecule has 31 heavy (non-hydrogen) atoms. The third kappa shape index (κ3) is 4.78. The van der Waals surface area contributed by atoms with E-state index < -0.39 is 20.7 Å². The Balaban J connectivity index is 1.57. The van der Waals surface area contributed by atoms with Gasteiger partial charge in [0, 0.05) is 30.2 Å². The highest BCUT2D eigenvalue weighted by molar-refractivity contribution is 7.92. The maximum atomic E-state index is 14.7. The van der Waals surface area contributed by atoms with E-state index in [9.17, 15) is 17.2 Å². The van der Waals surface area contributed by atoms with Gasteiger partial charge in [-0.1, -0.05) is 0 Å². The van der Waals surface area contributed by atoms with Crippen LogP contribution in [0.5, 0.6) is 0 Å². The molecule has 2 aromatic carbocycles. The van der Waals surface area contributed by atoms with Crippen molar-refractivity contribution in [3.8, 4) is 0 Å². The quantitative estimate of drug-likeness (QED) is 0.493. The monoisotopic (exact) mass is 465 g/mol. The van der Waals surface area contributed by atoms with Crippen molar-refractivity contribution in [3.63, 3.8) is 0 Å². The Bertz CT molecular complexity index is 1170. The van der Waals surface area contributed by atoms with Crippen molar-refractivity contribution in [2.75, 3.05) is 35.1 Å². The molecule has 3 N–H and O–H groups in total. The number of thiazole rings is 1. The van der Waals surface area contributed by atoms with E-state index in [1.807, 2.05) is 7.05 Å². The Labute approximate surface area is 183 Å². The molecular weight excluding hydrogens is 444 g/mol. The minimum absolute atomic E-state index is 0.132. The largest absolute Gasteiger partial charge is 0.368 e. The second-order valence-corrected chi connectivity index (χ2v) is 9.50. The highest BCUT2D eigenvalue weighted by Crippen LogP contribution is 2.33. The molecule has 1 saturated heterocycles. The first-order valence-electron chi connectivity index (χ1n) is 9.55. The number of likely N-dealkylation sites (N-methyl/N-ethyl adjacent to an activating group) is 1. The molecule has 1 aromatic heterocycles. The van der Waals surface area contributed by atoms with Gasteiger partial charge in [-0.2, -0.15) is 0 Å². The summed E-state index contributed by atoms with van der Waals surface area (Å²) in [5, 5.41) is 7.81. The lowest BCUT2D eigenvalue weighted by Crippen LogP contribution is -2.29. The molecule has 3 aromatic rings. The van der Waals surface area contributed by atoms with Crippen molar-refractivity contribution in [1.29, 1.82) is 0 Å². The Hall–Kier alpha value is -2.76. The van der Waals surface area contributed by atoms with Crippen molar-refractivity contribution in [2.45, 2.75) is 17.4 Å². The summed E-state index contributed by atoms with van der Waals surface area (Å²) in [5.74, 6) is -1.14. The fourth-order valence-corrected chi connectivity index (χ4v) is 5.11. The van der Waals surface area contributed by atoms with Gasteiger partial charge in [0.05, 0.1) is 16.9 Å². The van der Waals surface area contributed by atoms with Crippen LogP contribution in [-0.2, 0) is 10.0 Å². The predicted molar refractivity (Wildman–Crippen MR) is 119 cm³/mol. The van der Waals surface area contributed by atoms with E-state index in [1.165, 1.54) is 46.5 Å². The topological polar surface area (TPSA) is 86.4 Å². The fourth-order valence-electron chi connectivity index (χ4n) is 3.49. The number of hydrogen-bond acceptors (Lipinski definition) is 7. The number of hydrogen-bond donors (Lipinski definition) is 3. The van der Waals surface area contributed by atoms with Crippen LogP contribution < -0.4 is 20.3 Å². The number of rotatable bonds is 7. The van der Waals surface area contributed by atoms with E-state index in [4.69, 9.17) is 0 Å². The van der Waals surface area contributed by atoms with Gasteiger partial charge in [-0.25, -0.2) is 22.2 Å². The summed E-state index contributed by atoms with van der Waals surface area (Å²) in [5.41, 5.74) is 3.09. The van der Waals surface area contributed by atoms with Crippen LogP contribution in [0.4, 0.5) is 31.7 Å². The summed E-state index contributed by atoms with van der Waals surface area (Å²) in [6.07, 6.45) is 0.930. The van der Waals surface area contributed by atoms with Gasteiger partial charge in [-0.05, 0) is 49.9 Å². The summed E-state index contributed by atoms with van der Waals surface area (Å²) < 4.78 is 55.7. The van der Waals surface area contributed by atoms with Crippen LogP contribution in [0.2, 0.25) is 0 Å². The lowest BCUT2D eigenvalue weighted by Gasteiger charge is -2.23. The van der Waals surface area contributed by atoms with Crippen LogP contribution >= 0.6 is 11.3 Å². The Kier molecular flexibility index (Phi) is 6.08. The zero-order valence-electron chi connectivity index (χ0n) is 16.6. The maximum Gasteiger partial charge on any atom is 0.265 e. The first-order chi connectivity index (χ1) is 14.9. The van der Waals surface area contributed by atoms with Crippen molar-refractivity contribution < 1.29 is 17.2 Å². The highest BCUT2D eigenvalue weighted by Gasteiger charge is 2.24. The van der Waals surface area contributed by atoms with Gasteiger partial charge in [0.15, 0.2) is 5.82 Å². The van der Waals surface area contributed by atoms with Crippen LogP contribution in [0.25, 0.3) is 0 Å². The number of nitrogens with one attached hydrogen (secondary N) is 3.